The SMILES string of the molecule is CN(C)c1ccc(C2Nc3ccccc3C(=O)N2NC(=O)CCCOc2ccc(Cl)cc2Cl)cc1. The van der Waals surface area contributed by atoms with Gasteiger partial charge in [-0.3, -0.25) is 15.0 Å². The number of hydrogen-bond acceptors (Lipinski definition) is 5. The molecule has 2 N–H and O–H groups in total. The van der Waals surface area contributed by atoms with Gasteiger partial charge in [-0.25, -0.2) is 5.01 Å². The highest BCUT2D eigenvalue weighted by Crippen LogP contribution is 2.32. The van der Waals surface area contributed by atoms with Gasteiger partial charge in [-0.1, -0.05) is 47.5 Å². The predicted octanol–water partition coefficient (Wildman–Crippen LogP) is 5.52. The third kappa shape index (κ3) is 5.81. The van der Waals surface area contributed by atoms with Crippen LogP contribution in [0.3, 0.4) is 0 Å². The topological polar surface area (TPSA) is 73.9 Å². The van der Waals surface area contributed by atoms with E-state index in [0.29, 0.717) is 34.4 Å². The Bertz CT molecular complexity index is 1220. The summed E-state index contributed by atoms with van der Waals surface area (Å²) in [5, 5.41) is 5.66. The molecule has 0 saturated carbocycles. The third-order valence-electron chi connectivity index (χ3n) is 5.60. The van der Waals surface area contributed by atoms with E-state index >= 15 is 0 Å². The van der Waals surface area contributed by atoms with Gasteiger partial charge in [-0.2, -0.15) is 0 Å². The number of nitrogens with zero attached hydrogens (tertiary/aromatic N) is 2. The summed E-state index contributed by atoms with van der Waals surface area (Å²) in [6.07, 6.45) is 0.0591. The zero-order chi connectivity index (χ0) is 24.9. The number of halogens is 2. The lowest BCUT2D eigenvalue weighted by Crippen LogP contribution is -2.52. The Kier molecular flexibility index (Phi) is 7.68. The van der Waals surface area contributed by atoms with Crippen LogP contribution < -0.4 is 20.4 Å². The van der Waals surface area contributed by atoms with Crippen LogP contribution in [0.15, 0.2) is 66.7 Å². The Hall–Kier alpha value is -3.42. The molecular weight excluding hydrogens is 487 g/mol. The fraction of sp³-hybridized carbons (Fsp3) is 0.231. The smallest absolute Gasteiger partial charge is 0.276 e. The zero-order valence-corrected chi connectivity index (χ0v) is 20.9. The fourth-order valence-corrected chi connectivity index (χ4v) is 4.22. The Labute approximate surface area is 214 Å². The van der Waals surface area contributed by atoms with E-state index in [1.807, 2.05) is 55.4 Å². The zero-order valence-electron chi connectivity index (χ0n) is 19.4. The van der Waals surface area contributed by atoms with Gasteiger partial charge in [0, 0.05) is 36.9 Å². The number of rotatable bonds is 8. The quantitative estimate of drug-likeness (QED) is 0.389. The van der Waals surface area contributed by atoms with Gasteiger partial charge in [0.1, 0.15) is 11.9 Å². The molecule has 3 aromatic carbocycles. The maximum Gasteiger partial charge on any atom is 0.276 e. The molecular formula is C26H26Cl2N4O3. The van der Waals surface area contributed by atoms with Gasteiger partial charge in [0.25, 0.3) is 5.91 Å². The first-order valence-electron chi connectivity index (χ1n) is 11.2. The van der Waals surface area contributed by atoms with Crippen LogP contribution in [0.5, 0.6) is 5.75 Å². The molecule has 0 spiro atoms. The number of ether oxygens (including phenoxy) is 1. The van der Waals surface area contributed by atoms with Crippen LogP contribution in [0.1, 0.15) is 34.9 Å². The first-order valence-corrected chi connectivity index (χ1v) is 11.9. The number of para-hydroxylation sites is 1. The molecule has 1 aliphatic heterocycles. The summed E-state index contributed by atoms with van der Waals surface area (Å²) in [5.41, 5.74) is 5.88. The number of carbonyl (C=O) groups excluding carboxylic acids is 2. The van der Waals surface area contributed by atoms with E-state index in [9.17, 15) is 9.59 Å². The maximum atomic E-state index is 13.3. The summed E-state index contributed by atoms with van der Waals surface area (Å²) < 4.78 is 5.65. The maximum absolute atomic E-state index is 13.3. The molecule has 1 unspecified atom stereocenters. The number of carbonyl (C=O) groups is 2. The van der Waals surface area contributed by atoms with Crippen LogP contribution >= 0.6 is 23.2 Å². The van der Waals surface area contributed by atoms with Gasteiger partial charge in [0.05, 0.1) is 17.2 Å². The Morgan fingerprint density at radius 3 is 2.54 bits per heavy atom. The fourth-order valence-electron chi connectivity index (χ4n) is 3.75. The molecule has 0 fully saturated rings. The van der Waals surface area contributed by atoms with Crippen molar-refractivity contribution in [3.05, 3.63) is 87.9 Å². The molecule has 0 aliphatic carbocycles. The number of nitrogens with one attached hydrogen (secondary N) is 2. The molecule has 35 heavy (non-hydrogen) atoms. The highest BCUT2D eigenvalue weighted by molar-refractivity contribution is 6.35. The summed E-state index contributed by atoms with van der Waals surface area (Å²) in [6, 6.07) is 20.1. The average molecular weight is 513 g/mol. The van der Waals surface area contributed by atoms with Crippen molar-refractivity contribution in [1.82, 2.24) is 10.4 Å². The van der Waals surface area contributed by atoms with E-state index in [1.165, 1.54) is 5.01 Å². The van der Waals surface area contributed by atoms with E-state index in [2.05, 4.69) is 10.7 Å². The molecule has 2 amide bonds. The molecule has 0 bridgehead atoms. The standard InChI is InChI=1S/C26H26Cl2N4O3/c1-31(2)19-12-9-17(10-13-19)25-29-22-7-4-3-6-20(22)26(34)32(25)30-24(33)8-5-15-35-23-14-11-18(27)16-21(23)28/h3-4,6-7,9-14,16,25,29H,5,8,15H2,1-2H3,(H,30,33). The molecule has 4 rings (SSSR count). The second-order valence-corrected chi connectivity index (χ2v) is 9.16. The molecule has 1 aliphatic rings. The van der Waals surface area contributed by atoms with E-state index in [1.54, 1.807) is 30.3 Å². The van der Waals surface area contributed by atoms with Crippen LogP contribution in [-0.2, 0) is 4.79 Å². The molecule has 0 aromatic heterocycles. The average Bonchev–Trinajstić information content (AvgIpc) is 2.84. The molecule has 7 nitrogen and oxygen atoms in total. The van der Waals surface area contributed by atoms with Crippen LogP contribution in [-0.4, -0.2) is 37.5 Å². The number of anilines is 2. The first kappa shape index (κ1) is 24.7. The Morgan fingerprint density at radius 2 is 1.83 bits per heavy atom. The first-order chi connectivity index (χ1) is 16.8. The van der Waals surface area contributed by atoms with Gasteiger partial charge in [-0.15, -0.1) is 0 Å². The van der Waals surface area contributed by atoms with Crippen molar-refractivity contribution in [2.24, 2.45) is 0 Å². The van der Waals surface area contributed by atoms with Gasteiger partial charge in [0.15, 0.2) is 0 Å². The van der Waals surface area contributed by atoms with Crippen LogP contribution in [0, 0.1) is 0 Å². The summed E-state index contributed by atoms with van der Waals surface area (Å²) in [5.74, 6) is -0.0662. The summed E-state index contributed by atoms with van der Waals surface area (Å²) in [6.45, 7) is 0.291. The third-order valence-corrected chi connectivity index (χ3v) is 6.13. The van der Waals surface area contributed by atoms with Crippen LogP contribution in [0.25, 0.3) is 0 Å². The highest BCUT2D eigenvalue weighted by Gasteiger charge is 2.34. The number of fused-ring (bicyclic) bond motifs is 1. The van der Waals surface area contributed by atoms with Crippen molar-refractivity contribution in [2.45, 2.75) is 19.0 Å². The highest BCUT2D eigenvalue weighted by atomic mass is 35.5. The summed E-state index contributed by atoms with van der Waals surface area (Å²) in [7, 11) is 3.93. The lowest BCUT2D eigenvalue weighted by atomic mass is 10.0. The van der Waals surface area contributed by atoms with Gasteiger partial charge >= 0.3 is 0 Å². The predicted molar refractivity (Wildman–Crippen MR) is 139 cm³/mol. The van der Waals surface area contributed by atoms with Gasteiger partial charge in [-0.05, 0) is 54.4 Å². The second kappa shape index (κ2) is 10.9. The van der Waals surface area contributed by atoms with Crippen molar-refractivity contribution in [3.8, 4) is 5.75 Å². The van der Waals surface area contributed by atoms with Crippen LogP contribution in [0.4, 0.5) is 11.4 Å². The van der Waals surface area contributed by atoms with Crippen molar-refractivity contribution < 1.29 is 14.3 Å². The van der Waals surface area contributed by atoms with Crippen LogP contribution in [0.2, 0.25) is 10.0 Å². The number of hydrazine groups is 1. The Balaban J connectivity index is 1.43. The van der Waals surface area contributed by atoms with Crippen molar-refractivity contribution >= 4 is 46.4 Å². The van der Waals surface area contributed by atoms with E-state index in [4.69, 9.17) is 27.9 Å². The molecule has 9 heteroatoms. The number of hydrogen-bond donors (Lipinski definition) is 2. The second-order valence-electron chi connectivity index (χ2n) is 8.32. The van der Waals surface area contributed by atoms with Crippen molar-refractivity contribution in [2.75, 3.05) is 30.9 Å². The molecule has 182 valence electrons. The van der Waals surface area contributed by atoms with E-state index < -0.39 is 6.17 Å². The molecule has 3 aromatic rings. The lowest BCUT2D eigenvalue weighted by Gasteiger charge is -2.38. The Morgan fingerprint density at radius 1 is 1.09 bits per heavy atom. The lowest BCUT2D eigenvalue weighted by molar-refractivity contribution is -0.126. The van der Waals surface area contributed by atoms with E-state index in [0.717, 1.165) is 16.9 Å². The number of benzene rings is 3. The molecule has 0 radical (unpaired) electrons. The minimum Gasteiger partial charge on any atom is -0.492 e. The summed E-state index contributed by atoms with van der Waals surface area (Å²) in [4.78, 5) is 28.1. The van der Waals surface area contributed by atoms with Crippen molar-refractivity contribution in [1.29, 1.82) is 0 Å². The van der Waals surface area contributed by atoms with E-state index in [-0.39, 0.29) is 18.2 Å². The van der Waals surface area contributed by atoms with Crippen molar-refractivity contribution in [3.63, 3.8) is 0 Å². The molecule has 1 heterocycles. The number of amides is 2. The monoisotopic (exact) mass is 512 g/mol. The normalized spacial score (nSPS) is 14.7. The minimum atomic E-state index is -0.554. The molecule has 0 saturated heterocycles. The molecule has 1 atom stereocenters. The van der Waals surface area contributed by atoms with Gasteiger partial charge in [0.2, 0.25) is 5.91 Å². The van der Waals surface area contributed by atoms with Gasteiger partial charge < -0.3 is 15.0 Å². The largest absolute Gasteiger partial charge is 0.492 e. The minimum absolute atomic E-state index is 0.170. The summed E-state index contributed by atoms with van der Waals surface area (Å²) >= 11 is 12.0.